The Kier molecular flexibility index (Phi) is 4.73. The molecule has 0 radical (unpaired) electrons. The van der Waals surface area contributed by atoms with E-state index < -0.39 is 0 Å². The summed E-state index contributed by atoms with van der Waals surface area (Å²) in [5.41, 5.74) is 1.50. The fourth-order valence-corrected chi connectivity index (χ4v) is 2.37. The number of amides is 1. The van der Waals surface area contributed by atoms with Crippen LogP contribution in [-0.2, 0) is 4.74 Å². The van der Waals surface area contributed by atoms with Gasteiger partial charge in [0.2, 0.25) is 0 Å². The maximum Gasteiger partial charge on any atom is 0.255 e. The number of hydrogen-bond acceptors (Lipinski definition) is 5. The number of nitrogens with one attached hydrogen (secondary N) is 1. The number of pyridine rings is 1. The zero-order valence-corrected chi connectivity index (χ0v) is 13.0. The number of rotatable bonds is 4. The maximum absolute atomic E-state index is 12.3. The molecule has 6 nitrogen and oxygen atoms in total. The Morgan fingerprint density at radius 3 is 2.52 bits per heavy atom. The molecule has 0 bridgehead atoms. The van der Waals surface area contributed by atoms with Crippen molar-refractivity contribution >= 4 is 17.4 Å². The number of nitrogens with zero attached hydrogens (tertiary/aromatic N) is 2. The quantitative estimate of drug-likeness (QED) is 0.938. The lowest BCUT2D eigenvalue weighted by Crippen LogP contribution is -2.40. The molecule has 1 saturated heterocycles. The summed E-state index contributed by atoms with van der Waals surface area (Å²) in [7, 11) is 1.63. The smallest absolute Gasteiger partial charge is 0.255 e. The largest absolute Gasteiger partial charge is 0.497 e. The van der Waals surface area contributed by atoms with Crippen LogP contribution in [0.3, 0.4) is 0 Å². The second-order valence-corrected chi connectivity index (χ2v) is 5.19. The number of carbonyl (C=O) groups excluding carboxylic acids is 1. The van der Waals surface area contributed by atoms with Gasteiger partial charge >= 0.3 is 0 Å². The summed E-state index contributed by atoms with van der Waals surface area (Å²) in [5.74, 6) is 1.49. The van der Waals surface area contributed by atoms with Gasteiger partial charge in [-0.05, 0) is 36.4 Å². The Labute approximate surface area is 135 Å². The molecule has 120 valence electrons. The van der Waals surface area contributed by atoms with Crippen LogP contribution in [0.1, 0.15) is 10.4 Å². The molecule has 0 atom stereocenters. The highest BCUT2D eigenvalue weighted by Crippen LogP contribution is 2.19. The Bertz CT molecular complexity index is 650. The van der Waals surface area contributed by atoms with Gasteiger partial charge in [-0.2, -0.15) is 0 Å². The lowest BCUT2D eigenvalue weighted by molar-refractivity contribution is 0.0302. The van der Waals surface area contributed by atoms with Crippen LogP contribution in [0.25, 0.3) is 0 Å². The Morgan fingerprint density at radius 1 is 1.17 bits per heavy atom. The highest BCUT2D eigenvalue weighted by molar-refractivity contribution is 5.94. The molecule has 2 heterocycles. The molecule has 0 spiro atoms. The molecule has 0 saturated carbocycles. The Hall–Kier alpha value is -2.60. The summed E-state index contributed by atoms with van der Waals surface area (Å²) >= 11 is 0. The van der Waals surface area contributed by atoms with Crippen molar-refractivity contribution in [2.75, 3.05) is 38.7 Å². The predicted octanol–water partition coefficient (Wildman–Crippen LogP) is 2.31. The van der Waals surface area contributed by atoms with Crippen LogP contribution in [0.5, 0.6) is 5.75 Å². The van der Waals surface area contributed by atoms with Crippen molar-refractivity contribution in [3.8, 4) is 5.75 Å². The molecule has 2 aromatic rings. The molecule has 0 unspecified atom stereocenters. The molecule has 6 heteroatoms. The monoisotopic (exact) mass is 313 g/mol. The first-order valence-corrected chi connectivity index (χ1v) is 7.50. The zero-order chi connectivity index (χ0) is 16.1. The van der Waals surface area contributed by atoms with E-state index in [1.807, 2.05) is 24.3 Å². The van der Waals surface area contributed by atoms with Crippen LogP contribution >= 0.6 is 0 Å². The van der Waals surface area contributed by atoms with Crippen LogP contribution < -0.4 is 10.1 Å². The minimum atomic E-state index is -0.00297. The van der Waals surface area contributed by atoms with Crippen molar-refractivity contribution in [3.05, 3.63) is 48.2 Å². The van der Waals surface area contributed by atoms with Gasteiger partial charge in [-0.15, -0.1) is 0 Å². The van der Waals surface area contributed by atoms with Crippen LogP contribution in [0, 0.1) is 0 Å². The van der Waals surface area contributed by atoms with Crippen LogP contribution in [0.15, 0.2) is 42.6 Å². The van der Waals surface area contributed by atoms with E-state index in [4.69, 9.17) is 9.47 Å². The van der Waals surface area contributed by atoms with Gasteiger partial charge in [-0.3, -0.25) is 4.79 Å². The number of aromatic nitrogens is 1. The maximum atomic E-state index is 12.3. The lowest BCUT2D eigenvalue weighted by atomic mass is 10.2. The number of ether oxygens (including phenoxy) is 2. The van der Waals surface area contributed by atoms with Gasteiger partial charge in [0.05, 0.1) is 25.9 Å². The standard InChI is InChI=1S/C17H19N3O3/c1-22-15-5-3-14(4-6-15)19-16-7-2-13(12-18-16)17(21)20-8-10-23-11-9-20/h2-7,12H,8-11H2,1H3,(H,18,19). The molecule has 1 aromatic heterocycles. The number of hydrogen-bond donors (Lipinski definition) is 1. The molecular formula is C17H19N3O3. The molecule has 1 aliphatic rings. The molecule has 1 amide bonds. The van der Waals surface area contributed by atoms with Crippen molar-refractivity contribution in [1.82, 2.24) is 9.88 Å². The molecule has 3 rings (SSSR count). The van der Waals surface area contributed by atoms with E-state index in [1.54, 1.807) is 30.3 Å². The average Bonchev–Trinajstić information content (AvgIpc) is 2.63. The summed E-state index contributed by atoms with van der Waals surface area (Å²) in [6.07, 6.45) is 1.60. The predicted molar refractivity (Wildman–Crippen MR) is 87.2 cm³/mol. The van der Waals surface area contributed by atoms with Crippen LogP contribution in [0.4, 0.5) is 11.5 Å². The highest BCUT2D eigenvalue weighted by Gasteiger charge is 2.18. The summed E-state index contributed by atoms with van der Waals surface area (Å²) in [5, 5.41) is 3.19. The van der Waals surface area contributed by atoms with Crippen molar-refractivity contribution in [3.63, 3.8) is 0 Å². The fourth-order valence-electron chi connectivity index (χ4n) is 2.37. The van der Waals surface area contributed by atoms with Gasteiger partial charge < -0.3 is 19.7 Å². The molecule has 23 heavy (non-hydrogen) atoms. The minimum absolute atomic E-state index is 0.00297. The summed E-state index contributed by atoms with van der Waals surface area (Å²) in [6, 6.07) is 11.2. The summed E-state index contributed by atoms with van der Waals surface area (Å²) in [6.45, 7) is 2.45. The number of benzene rings is 1. The van der Waals surface area contributed by atoms with Crippen molar-refractivity contribution in [2.24, 2.45) is 0 Å². The molecule has 0 aliphatic carbocycles. The Morgan fingerprint density at radius 2 is 1.91 bits per heavy atom. The molecule has 1 aromatic carbocycles. The number of methoxy groups -OCH3 is 1. The third kappa shape index (κ3) is 3.78. The molecule has 1 N–H and O–H groups in total. The van der Waals surface area contributed by atoms with Crippen LogP contribution in [0.2, 0.25) is 0 Å². The minimum Gasteiger partial charge on any atom is -0.497 e. The van der Waals surface area contributed by atoms with Gasteiger partial charge in [0.15, 0.2) is 0 Å². The zero-order valence-electron chi connectivity index (χ0n) is 13.0. The highest BCUT2D eigenvalue weighted by atomic mass is 16.5. The van der Waals surface area contributed by atoms with Gasteiger partial charge in [0, 0.05) is 25.0 Å². The van der Waals surface area contributed by atoms with E-state index >= 15 is 0 Å². The number of anilines is 2. The molecular weight excluding hydrogens is 294 g/mol. The molecule has 1 fully saturated rings. The fraction of sp³-hybridized carbons (Fsp3) is 0.294. The third-order valence-corrected chi connectivity index (χ3v) is 3.67. The van der Waals surface area contributed by atoms with Gasteiger partial charge in [0.25, 0.3) is 5.91 Å². The number of carbonyl (C=O) groups is 1. The van der Waals surface area contributed by atoms with E-state index in [-0.39, 0.29) is 5.91 Å². The van der Waals surface area contributed by atoms with Gasteiger partial charge in [-0.1, -0.05) is 0 Å². The normalized spacial score (nSPS) is 14.4. The van der Waals surface area contributed by atoms with Gasteiger partial charge in [-0.25, -0.2) is 4.98 Å². The van der Waals surface area contributed by atoms with Crippen molar-refractivity contribution in [1.29, 1.82) is 0 Å². The molecule has 1 aliphatic heterocycles. The van der Waals surface area contributed by atoms with E-state index in [9.17, 15) is 4.79 Å². The van der Waals surface area contributed by atoms with Crippen molar-refractivity contribution in [2.45, 2.75) is 0 Å². The first kappa shape index (κ1) is 15.3. The van der Waals surface area contributed by atoms with Gasteiger partial charge in [0.1, 0.15) is 11.6 Å². The summed E-state index contributed by atoms with van der Waals surface area (Å²) in [4.78, 5) is 18.4. The third-order valence-electron chi connectivity index (χ3n) is 3.67. The Balaban J connectivity index is 1.65. The van der Waals surface area contributed by atoms with Crippen LogP contribution in [-0.4, -0.2) is 49.2 Å². The van der Waals surface area contributed by atoms with E-state index in [0.717, 1.165) is 11.4 Å². The average molecular weight is 313 g/mol. The van der Waals surface area contributed by atoms with E-state index in [0.29, 0.717) is 37.7 Å². The van der Waals surface area contributed by atoms with Crippen molar-refractivity contribution < 1.29 is 14.3 Å². The second kappa shape index (κ2) is 7.11. The lowest BCUT2D eigenvalue weighted by Gasteiger charge is -2.26. The first-order chi connectivity index (χ1) is 11.3. The van der Waals surface area contributed by atoms with E-state index in [2.05, 4.69) is 10.3 Å². The number of morpholine rings is 1. The topological polar surface area (TPSA) is 63.7 Å². The second-order valence-electron chi connectivity index (χ2n) is 5.19. The first-order valence-electron chi connectivity index (χ1n) is 7.50. The SMILES string of the molecule is COc1ccc(Nc2ccc(C(=O)N3CCOCC3)cn2)cc1. The van der Waals surface area contributed by atoms with E-state index in [1.165, 1.54) is 0 Å². The summed E-state index contributed by atoms with van der Waals surface area (Å²) < 4.78 is 10.4.